The zero-order valence-corrected chi connectivity index (χ0v) is 17.4. The average Bonchev–Trinajstić information content (AvgIpc) is 3.34. The van der Waals surface area contributed by atoms with Gasteiger partial charge in [-0.25, -0.2) is 8.42 Å². The van der Waals surface area contributed by atoms with Gasteiger partial charge in [0, 0.05) is 45.3 Å². The van der Waals surface area contributed by atoms with Crippen molar-refractivity contribution in [1.82, 2.24) is 20.0 Å². The number of hydrogen-bond donors (Lipinski definition) is 1. The third-order valence-electron chi connectivity index (χ3n) is 4.95. The van der Waals surface area contributed by atoms with Crippen molar-refractivity contribution in [3.8, 4) is 0 Å². The number of likely N-dealkylation sites (tertiary alicyclic amines) is 1. The molecule has 3 rings (SSSR count). The molecule has 1 fully saturated rings. The number of sulfone groups is 1. The lowest BCUT2D eigenvalue weighted by atomic mass is 10.0. The predicted molar refractivity (Wildman–Crippen MR) is 111 cm³/mol. The second-order valence-electron chi connectivity index (χ2n) is 7.10. The van der Waals surface area contributed by atoms with Crippen molar-refractivity contribution < 1.29 is 8.42 Å². The molecule has 1 aromatic heterocycles. The molecule has 7 nitrogen and oxygen atoms in total. The summed E-state index contributed by atoms with van der Waals surface area (Å²) in [7, 11) is -1.31. The van der Waals surface area contributed by atoms with Gasteiger partial charge in [-0.2, -0.15) is 5.10 Å². The van der Waals surface area contributed by atoms with Crippen LogP contribution in [0.2, 0.25) is 0 Å². The number of aryl methyl sites for hydroxylation is 1. The number of aromatic nitrogens is 2. The zero-order valence-electron chi connectivity index (χ0n) is 16.6. The summed E-state index contributed by atoms with van der Waals surface area (Å²) in [5, 5.41) is 7.61. The maximum absolute atomic E-state index is 12.4. The van der Waals surface area contributed by atoms with E-state index in [2.05, 4.69) is 26.5 Å². The van der Waals surface area contributed by atoms with Crippen molar-refractivity contribution in [2.45, 2.75) is 30.6 Å². The van der Waals surface area contributed by atoms with Crippen LogP contribution in [0.1, 0.15) is 31.2 Å². The standard InChI is InChI=1S/C20H29N5O2S/c1-3-21-20(25-12-10-17(16-25)18-14-23-24(2)15-18)22-11-7-13-28(26,27)19-8-5-4-6-9-19/h4-6,8-9,14-15,17H,3,7,10-13,16H2,1-2H3,(H,21,22). The molecule has 0 radical (unpaired) electrons. The molecule has 1 aliphatic heterocycles. The number of benzene rings is 1. The third kappa shape index (κ3) is 5.13. The SMILES string of the molecule is CCNC(=NCCCS(=O)(=O)c1ccccc1)N1CCC(c2cnn(C)c2)C1. The topological polar surface area (TPSA) is 79.6 Å². The molecule has 8 heteroatoms. The van der Waals surface area contributed by atoms with Crippen molar-refractivity contribution in [2.24, 2.45) is 12.0 Å². The summed E-state index contributed by atoms with van der Waals surface area (Å²) in [6.07, 6.45) is 5.59. The normalized spacial score (nSPS) is 17.9. The van der Waals surface area contributed by atoms with Crippen LogP contribution in [0.4, 0.5) is 0 Å². The van der Waals surface area contributed by atoms with E-state index in [1.165, 1.54) is 5.56 Å². The highest BCUT2D eigenvalue weighted by molar-refractivity contribution is 7.91. The highest BCUT2D eigenvalue weighted by Gasteiger charge is 2.26. The molecule has 0 aliphatic carbocycles. The van der Waals surface area contributed by atoms with E-state index >= 15 is 0 Å². The highest BCUT2D eigenvalue weighted by atomic mass is 32.2. The summed E-state index contributed by atoms with van der Waals surface area (Å²) in [4.78, 5) is 7.31. The predicted octanol–water partition coefficient (Wildman–Crippen LogP) is 2.04. The van der Waals surface area contributed by atoms with Gasteiger partial charge in [0.1, 0.15) is 0 Å². The Bertz CT molecular complexity index is 892. The minimum Gasteiger partial charge on any atom is -0.357 e. The molecular formula is C20H29N5O2S. The van der Waals surface area contributed by atoms with Gasteiger partial charge in [0.05, 0.1) is 16.8 Å². The molecule has 0 spiro atoms. The van der Waals surface area contributed by atoms with Gasteiger partial charge in [-0.15, -0.1) is 0 Å². The van der Waals surface area contributed by atoms with Gasteiger partial charge >= 0.3 is 0 Å². The maximum Gasteiger partial charge on any atom is 0.193 e. The maximum atomic E-state index is 12.4. The first-order valence-corrected chi connectivity index (χ1v) is 11.4. The monoisotopic (exact) mass is 403 g/mol. The molecule has 1 atom stereocenters. The zero-order chi connectivity index (χ0) is 20.0. The van der Waals surface area contributed by atoms with Crippen molar-refractivity contribution in [3.05, 3.63) is 48.3 Å². The molecule has 1 N–H and O–H groups in total. The van der Waals surface area contributed by atoms with Gasteiger partial charge in [0.15, 0.2) is 15.8 Å². The van der Waals surface area contributed by atoms with E-state index in [1.54, 1.807) is 24.3 Å². The molecular weight excluding hydrogens is 374 g/mol. The van der Waals surface area contributed by atoms with Crippen molar-refractivity contribution in [1.29, 1.82) is 0 Å². The van der Waals surface area contributed by atoms with Crippen molar-refractivity contribution in [3.63, 3.8) is 0 Å². The van der Waals surface area contributed by atoms with Crippen LogP contribution in [-0.4, -0.2) is 61.0 Å². The minimum atomic E-state index is -3.24. The number of rotatable bonds is 7. The summed E-state index contributed by atoms with van der Waals surface area (Å²) in [6.45, 7) is 5.16. The van der Waals surface area contributed by atoms with Crippen molar-refractivity contribution >= 4 is 15.8 Å². The number of nitrogens with one attached hydrogen (secondary N) is 1. The largest absolute Gasteiger partial charge is 0.357 e. The molecule has 2 heterocycles. The quantitative estimate of drug-likeness (QED) is 0.435. The Morgan fingerprint density at radius 1 is 1.32 bits per heavy atom. The van der Waals surface area contributed by atoms with E-state index < -0.39 is 9.84 Å². The summed E-state index contributed by atoms with van der Waals surface area (Å²) >= 11 is 0. The van der Waals surface area contributed by atoms with Crippen LogP contribution < -0.4 is 5.32 Å². The van der Waals surface area contributed by atoms with E-state index in [0.29, 0.717) is 23.8 Å². The van der Waals surface area contributed by atoms with E-state index in [-0.39, 0.29) is 5.75 Å². The van der Waals surface area contributed by atoms with Crippen molar-refractivity contribution in [2.75, 3.05) is 31.9 Å². The average molecular weight is 404 g/mol. The molecule has 1 saturated heterocycles. The van der Waals surface area contributed by atoms with E-state index in [9.17, 15) is 8.42 Å². The summed E-state index contributed by atoms with van der Waals surface area (Å²) in [5.74, 6) is 1.43. The Morgan fingerprint density at radius 2 is 2.11 bits per heavy atom. The molecule has 1 aliphatic rings. The van der Waals surface area contributed by atoms with Crippen LogP contribution in [0.3, 0.4) is 0 Å². The molecule has 0 amide bonds. The summed E-state index contributed by atoms with van der Waals surface area (Å²) in [6, 6.07) is 8.61. The molecule has 28 heavy (non-hydrogen) atoms. The first-order valence-electron chi connectivity index (χ1n) is 9.79. The minimum absolute atomic E-state index is 0.109. The molecule has 152 valence electrons. The van der Waals surface area contributed by atoms with Gasteiger partial charge in [-0.3, -0.25) is 9.67 Å². The Balaban J connectivity index is 1.56. The molecule has 1 aromatic carbocycles. The molecule has 1 unspecified atom stereocenters. The first-order chi connectivity index (χ1) is 13.5. The van der Waals surface area contributed by atoms with Gasteiger partial charge in [-0.1, -0.05) is 18.2 Å². The van der Waals surface area contributed by atoms with E-state index in [4.69, 9.17) is 0 Å². The fourth-order valence-electron chi connectivity index (χ4n) is 3.49. The van der Waals surface area contributed by atoms with Crippen LogP contribution in [0.5, 0.6) is 0 Å². The van der Waals surface area contributed by atoms with Crippen LogP contribution >= 0.6 is 0 Å². The second-order valence-corrected chi connectivity index (χ2v) is 9.21. The highest BCUT2D eigenvalue weighted by Crippen LogP contribution is 2.26. The van der Waals surface area contributed by atoms with Crippen LogP contribution in [0, 0.1) is 0 Å². The Labute approximate surface area is 167 Å². The van der Waals surface area contributed by atoms with Gasteiger partial charge in [-0.05, 0) is 37.5 Å². The van der Waals surface area contributed by atoms with Crippen LogP contribution in [-0.2, 0) is 16.9 Å². The van der Waals surface area contributed by atoms with Gasteiger partial charge in [0.25, 0.3) is 0 Å². The van der Waals surface area contributed by atoms with Gasteiger partial charge in [0.2, 0.25) is 0 Å². The lowest BCUT2D eigenvalue weighted by molar-refractivity contribution is 0.486. The first kappa shape index (κ1) is 20.4. The number of nitrogens with zero attached hydrogens (tertiary/aromatic N) is 4. The van der Waals surface area contributed by atoms with Gasteiger partial charge < -0.3 is 10.2 Å². The Kier molecular flexibility index (Phi) is 6.72. The molecule has 0 saturated carbocycles. The fraction of sp³-hybridized carbons (Fsp3) is 0.500. The third-order valence-corrected chi connectivity index (χ3v) is 6.77. The summed E-state index contributed by atoms with van der Waals surface area (Å²) in [5.41, 5.74) is 1.26. The van der Waals surface area contributed by atoms with E-state index in [0.717, 1.165) is 32.0 Å². The number of guanidine groups is 1. The Morgan fingerprint density at radius 3 is 2.79 bits per heavy atom. The smallest absolute Gasteiger partial charge is 0.193 e. The number of aliphatic imine (C=N–C) groups is 1. The second kappa shape index (κ2) is 9.23. The lowest BCUT2D eigenvalue weighted by Crippen LogP contribution is -2.40. The van der Waals surface area contributed by atoms with Crippen LogP contribution in [0.15, 0.2) is 52.6 Å². The number of hydrogen-bond acceptors (Lipinski definition) is 4. The van der Waals surface area contributed by atoms with Crippen LogP contribution in [0.25, 0.3) is 0 Å². The Hall–Kier alpha value is -2.35. The fourth-order valence-corrected chi connectivity index (χ4v) is 4.80. The molecule has 2 aromatic rings. The lowest BCUT2D eigenvalue weighted by Gasteiger charge is -2.21. The molecule has 0 bridgehead atoms. The van der Waals surface area contributed by atoms with E-state index in [1.807, 2.05) is 30.9 Å². The summed E-state index contributed by atoms with van der Waals surface area (Å²) < 4.78 is 26.6.